The number of methoxy groups -OCH3 is 2. The number of ether oxygens (including phenoxy) is 2. The normalized spacial score (nSPS) is 10.6. The van der Waals surface area contributed by atoms with Gasteiger partial charge in [-0.3, -0.25) is 4.79 Å². The zero-order valence-electron chi connectivity index (χ0n) is 13.3. The minimum absolute atomic E-state index is 0.0357. The largest absolute Gasteiger partial charge is 0.497 e. The topological polar surface area (TPSA) is 74.6 Å². The van der Waals surface area contributed by atoms with Crippen molar-refractivity contribution in [2.45, 2.75) is 13.8 Å². The number of nitrogens with zero attached hydrogens (tertiary/aromatic N) is 2. The van der Waals surface area contributed by atoms with Crippen LogP contribution in [0.15, 0.2) is 30.0 Å². The fourth-order valence-electron chi connectivity index (χ4n) is 1.83. The van der Waals surface area contributed by atoms with Gasteiger partial charge in [-0.05, 0) is 26.0 Å². The number of hydrogen-bond acceptors (Lipinski definition) is 5. The molecule has 118 valence electrons. The zero-order chi connectivity index (χ0) is 16.5. The fourth-order valence-corrected chi connectivity index (χ4v) is 1.83. The summed E-state index contributed by atoms with van der Waals surface area (Å²) in [6, 6.07) is 6.98. The molecular weight excluding hydrogens is 282 g/mol. The summed E-state index contributed by atoms with van der Waals surface area (Å²) in [5.74, 6) is 0.595. The number of amides is 1. The van der Waals surface area contributed by atoms with Gasteiger partial charge in [-0.1, -0.05) is 0 Å². The summed E-state index contributed by atoms with van der Waals surface area (Å²) in [6.07, 6.45) is 1.56. The van der Waals surface area contributed by atoms with Gasteiger partial charge in [0.1, 0.15) is 23.1 Å². The van der Waals surface area contributed by atoms with Crippen molar-refractivity contribution in [3.8, 4) is 17.6 Å². The standard InChI is InChI=1S/C16H21N3O3/c1-5-19(6-2)11-12(10-17)16(20)18-14-9-13(21-3)7-8-15(14)22-4/h7-9,11H,5-6H2,1-4H3,(H,18,20)/b12-11-. The Balaban J connectivity index is 3.02. The van der Waals surface area contributed by atoms with Gasteiger partial charge in [0.25, 0.3) is 5.91 Å². The van der Waals surface area contributed by atoms with Crippen molar-refractivity contribution in [3.05, 3.63) is 30.0 Å². The lowest BCUT2D eigenvalue weighted by molar-refractivity contribution is -0.112. The maximum atomic E-state index is 12.3. The van der Waals surface area contributed by atoms with Crippen LogP contribution in [0.1, 0.15) is 13.8 Å². The molecule has 0 aliphatic rings. The van der Waals surface area contributed by atoms with Crippen LogP contribution in [0.5, 0.6) is 11.5 Å². The number of nitriles is 1. The third kappa shape index (κ3) is 4.42. The quantitative estimate of drug-likeness (QED) is 0.618. The van der Waals surface area contributed by atoms with Crippen molar-refractivity contribution in [3.63, 3.8) is 0 Å². The Hall–Kier alpha value is -2.68. The maximum absolute atomic E-state index is 12.3. The molecule has 6 nitrogen and oxygen atoms in total. The van der Waals surface area contributed by atoms with E-state index in [2.05, 4.69) is 5.32 Å². The van der Waals surface area contributed by atoms with Crippen molar-refractivity contribution in [1.29, 1.82) is 5.26 Å². The lowest BCUT2D eigenvalue weighted by Crippen LogP contribution is -2.21. The van der Waals surface area contributed by atoms with Gasteiger partial charge in [0.05, 0.1) is 19.9 Å². The predicted molar refractivity (Wildman–Crippen MR) is 84.8 cm³/mol. The Morgan fingerprint density at radius 1 is 1.32 bits per heavy atom. The average Bonchev–Trinajstić information content (AvgIpc) is 2.55. The minimum atomic E-state index is -0.485. The molecule has 0 aromatic heterocycles. The molecule has 0 aliphatic carbocycles. The number of anilines is 1. The molecule has 0 spiro atoms. The molecule has 0 heterocycles. The Kier molecular flexibility index (Phi) is 6.77. The molecule has 0 unspecified atom stereocenters. The molecule has 1 amide bonds. The Morgan fingerprint density at radius 3 is 2.50 bits per heavy atom. The van der Waals surface area contributed by atoms with Gasteiger partial charge in [-0.25, -0.2) is 0 Å². The molecule has 6 heteroatoms. The van der Waals surface area contributed by atoms with E-state index in [0.717, 1.165) is 13.1 Å². The van der Waals surface area contributed by atoms with Crippen LogP contribution in [0.25, 0.3) is 0 Å². The van der Waals surface area contributed by atoms with E-state index in [-0.39, 0.29) is 5.57 Å². The van der Waals surface area contributed by atoms with Crippen LogP contribution in [0.3, 0.4) is 0 Å². The highest BCUT2D eigenvalue weighted by Gasteiger charge is 2.14. The Bertz CT molecular complexity index is 587. The van der Waals surface area contributed by atoms with Crippen molar-refractivity contribution in [1.82, 2.24) is 4.90 Å². The van der Waals surface area contributed by atoms with Crippen molar-refractivity contribution in [2.75, 3.05) is 32.6 Å². The van der Waals surface area contributed by atoms with E-state index in [1.807, 2.05) is 24.8 Å². The van der Waals surface area contributed by atoms with E-state index in [0.29, 0.717) is 17.2 Å². The number of nitrogens with one attached hydrogen (secondary N) is 1. The second-order valence-electron chi connectivity index (χ2n) is 4.40. The molecule has 1 N–H and O–H groups in total. The van der Waals surface area contributed by atoms with Crippen molar-refractivity contribution >= 4 is 11.6 Å². The average molecular weight is 303 g/mol. The van der Waals surface area contributed by atoms with E-state index in [4.69, 9.17) is 9.47 Å². The fraction of sp³-hybridized carbons (Fsp3) is 0.375. The third-order valence-corrected chi connectivity index (χ3v) is 3.14. The summed E-state index contributed by atoms with van der Waals surface area (Å²) < 4.78 is 10.3. The van der Waals surface area contributed by atoms with Crippen LogP contribution >= 0.6 is 0 Å². The predicted octanol–water partition coefficient (Wildman–Crippen LogP) is 2.39. The molecular formula is C16H21N3O3. The van der Waals surface area contributed by atoms with Crippen LogP contribution in [0, 0.1) is 11.3 Å². The summed E-state index contributed by atoms with van der Waals surface area (Å²) in [7, 11) is 3.04. The first-order valence-corrected chi connectivity index (χ1v) is 6.98. The molecule has 0 aliphatic heterocycles. The van der Waals surface area contributed by atoms with Crippen LogP contribution in [0.2, 0.25) is 0 Å². The summed E-state index contributed by atoms with van der Waals surface area (Å²) >= 11 is 0. The summed E-state index contributed by atoms with van der Waals surface area (Å²) in [5, 5.41) is 11.9. The van der Waals surface area contributed by atoms with E-state index in [1.165, 1.54) is 14.2 Å². The van der Waals surface area contributed by atoms with Gasteiger partial charge < -0.3 is 19.7 Å². The summed E-state index contributed by atoms with van der Waals surface area (Å²) in [6.45, 7) is 5.35. The van der Waals surface area contributed by atoms with Gasteiger partial charge in [0.15, 0.2) is 0 Å². The van der Waals surface area contributed by atoms with Crippen LogP contribution in [0.4, 0.5) is 5.69 Å². The van der Waals surface area contributed by atoms with Gasteiger partial charge in [-0.15, -0.1) is 0 Å². The van der Waals surface area contributed by atoms with Crippen molar-refractivity contribution < 1.29 is 14.3 Å². The molecule has 1 aromatic rings. The lowest BCUT2D eigenvalue weighted by Gasteiger charge is -2.16. The molecule has 0 radical (unpaired) electrons. The third-order valence-electron chi connectivity index (χ3n) is 3.14. The molecule has 0 atom stereocenters. The number of benzene rings is 1. The van der Waals surface area contributed by atoms with E-state index < -0.39 is 5.91 Å². The SMILES string of the molecule is CCN(/C=C(/C#N)C(=O)Nc1cc(OC)ccc1OC)CC. The van der Waals surface area contributed by atoms with Crippen LogP contribution in [-0.4, -0.2) is 38.1 Å². The van der Waals surface area contributed by atoms with Crippen LogP contribution in [-0.2, 0) is 4.79 Å². The number of carbonyl (C=O) groups excluding carboxylic acids is 1. The summed E-state index contributed by atoms with van der Waals surface area (Å²) in [5.41, 5.74) is 0.487. The molecule has 1 rings (SSSR count). The van der Waals surface area contributed by atoms with Crippen molar-refractivity contribution in [2.24, 2.45) is 0 Å². The van der Waals surface area contributed by atoms with Gasteiger partial charge in [0, 0.05) is 25.4 Å². The van der Waals surface area contributed by atoms with E-state index >= 15 is 0 Å². The first-order chi connectivity index (χ1) is 10.6. The highest BCUT2D eigenvalue weighted by molar-refractivity contribution is 6.07. The Morgan fingerprint density at radius 2 is 2.00 bits per heavy atom. The van der Waals surface area contributed by atoms with Crippen LogP contribution < -0.4 is 14.8 Å². The van der Waals surface area contributed by atoms with Gasteiger partial charge in [0.2, 0.25) is 0 Å². The Labute approximate surface area is 130 Å². The highest BCUT2D eigenvalue weighted by atomic mass is 16.5. The van der Waals surface area contributed by atoms with E-state index in [1.54, 1.807) is 24.4 Å². The second-order valence-corrected chi connectivity index (χ2v) is 4.40. The molecule has 0 saturated heterocycles. The molecule has 0 fully saturated rings. The molecule has 1 aromatic carbocycles. The molecule has 22 heavy (non-hydrogen) atoms. The smallest absolute Gasteiger partial charge is 0.267 e. The van der Waals surface area contributed by atoms with Gasteiger partial charge >= 0.3 is 0 Å². The number of rotatable bonds is 7. The minimum Gasteiger partial charge on any atom is -0.497 e. The first kappa shape index (κ1) is 17.4. The molecule has 0 bridgehead atoms. The monoisotopic (exact) mass is 303 g/mol. The number of carbonyl (C=O) groups is 1. The highest BCUT2D eigenvalue weighted by Crippen LogP contribution is 2.29. The zero-order valence-corrected chi connectivity index (χ0v) is 13.3. The lowest BCUT2D eigenvalue weighted by atomic mass is 10.2. The maximum Gasteiger partial charge on any atom is 0.267 e. The summed E-state index contributed by atoms with van der Waals surface area (Å²) in [4.78, 5) is 14.1. The second kappa shape index (κ2) is 8.57. The van der Waals surface area contributed by atoms with E-state index in [9.17, 15) is 10.1 Å². The molecule has 0 saturated carbocycles. The number of hydrogen-bond donors (Lipinski definition) is 1. The first-order valence-electron chi connectivity index (χ1n) is 6.98. The van der Waals surface area contributed by atoms with Gasteiger partial charge in [-0.2, -0.15) is 5.26 Å².